The van der Waals surface area contributed by atoms with E-state index in [1.165, 1.54) is 12.1 Å². The van der Waals surface area contributed by atoms with Gasteiger partial charge in [-0.15, -0.1) is 0 Å². The quantitative estimate of drug-likeness (QED) is 0.748. The Morgan fingerprint density at radius 2 is 1.59 bits per heavy atom. The number of carbonyl (C=O) groups excluding carboxylic acids is 1. The topological polar surface area (TPSA) is 63.2 Å². The van der Waals surface area contributed by atoms with Gasteiger partial charge in [0.05, 0.1) is 4.90 Å². The molecule has 0 saturated heterocycles. The highest BCUT2D eigenvalue weighted by molar-refractivity contribution is 7.90. The molecule has 0 aliphatic heterocycles. The lowest BCUT2D eigenvalue weighted by molar-refractivity contribution is -0.115. The first-order valence-electron chi connectivity index (χ1n) is 8.75. The molecule has 2 aromatic rings. The van der Waals surface area contributed by atoms with Crippen LogP contribution in [0.4, 0.5) is 0 Å². The van der Waals surface area contributed by atoms with Crippen LogP contribution in [0, 0.1) is 12.8 Å². The van der Waals surface area contributed by atoms with Crippen molar-refractivity contribution in [2.24, 2.45) is 5.92 Å². The Hall–Kier alpha value is -2.66. The molecule has 1 amide bonds. The number of benzene rings is 2. The number of allylic oxidation sites excluding steroid dienone is 2. The zero-order valence-corrected chi connectivity index (χ0v) is 16.9. The van der Waals surface area contributed by atoms with Gasteiger partial charge in [0.15, 0.2) is 0 Å². The molecule has 4 nitrogen and oxygen atoms in total. The van der Waals surface area contributed by atoms with Crippen molar-refractivity contribution < 1.29 is 13.2 Å². The summed E-state index contributed by atoms with van der Waals surface area (Å²) in [5.41, 5.74) is 3.24. The molecule has 0 radical (unpaired) electrons. The summed E-state index contributed by atoms with van der Waals surface area (Å²) < 4.78 is 26.9. The van der Waals surface area contributed by atoms with E-state index < -0.39 is 15.9 Å². The van der Waals surface area contributed by atoms with Crippen molar-refractivity contribution in [2.45, 2.75) is 32.6 Å². The molecule has 0 aliphatic carbocycles. The second-order valence-electron chi connectivity index (χ2n) is 6.61. The number of amides is 1. The number of hydrogen-bond acceptors (Lipinski definition) is 3. The van der Waals surface area contributed by atoms with Crippen molar-refractivity contribution in [1.29, 1.82) is 0 Å². The average molecular weight is 384 g/mol. The largest absolute Gasteiger partial charge is 0.269 e. The summed E-state index contributed by atoms with van der Waals surface area (Å²) in [4.78, 5) is 12.5. The van der Waals surface area contributed by atoms with Crippen molar-refractivity contribution in [3.63, 3.8) is 0 Å². The average Bonchev–Trinajstić information content (AvgIpc) is 2.65. The number of carbonyl (C=O) groups is 1. The van der Waals surface area contributed by atoms with Gasteiger partial charge >= 0.3 is 0 Å². The van der Waals surface area contributed by atoms with E-state index in [9.17, 15) is 13.2 Å². The molecule has 2 aromatic carbocycles. The molecule has 0 aliphatic rings. The van der Waals surface area contributed by atoms with Crippen molar-refractivity contribution in [1.82, 2.24) is 4.72 Å². The molecule has 0 aromatic heterocycles. The van der Waals surface area contributed by atoms with Crippen molar-refractivity contribution in [3.05, 3.63) is 82.9 Å². The van der Waals surface area contributed by atoms with Crippen LogP contribution in [0.15, 0.2) is 76.7 Å². The zero-order valence-electron chi connectivity index (χ0n) is 16.1. The smallest absolute Gasteiger partial charge is 0.264 e. The minimum atomic E-state index is -3.89. The van der Waals surface area contributed by atoms with Gasteiger partial charge < -0.3 is 0 Å². The monoisotopic (exact) mass is 383 g/mol. The van der Waals surface area contributed by atoms with E-state index in [0.717, 1.165) is 16.7 Å². The molecular weight excluding hydrogens is 358 g/mol. The van der Waals surface area contributed by atoms with Gasteiger partial charge in [-0.05, 0) is 44.4 Å². The maximum atomic E-state index is 12.4. The highest BCUT2D eigenvalue weighted by Crippen LogP contribution is 2.19. The maximum absolute atomic E-state index is 12.4. The lowest BCUT2D eigenvalue weighted by atomic mass is 9.96. The van der Waals surface area contributed by atoms with Gasteiger partial charge in [-0.1, -0.05) is 72.7 Å². The Bertz CT molecular complexity index is 956. The summed E-state index contributed by atoms with van der Waals surface area (Å²) in [5.74, 6) is -0.605. The number of sulfonamides is 1. The Morgan fingerprint density at radius 3 is 2.19 bits per heavy atom. The molecule has 142 valence electrons. The van der Waals surface area contributed by atoms with E-state index in [1.54, 1.807) is 19.1 Å². The second kappa shape index (κ2) is 8.82. The van der Waals surface area contributed by atoms with Crippen LogP contribution in [0.5, 0.6) is 0 Å². The standard InChI is InChI=1S/C22H25NO3S/c1-16-10-14-21(15-11-16)27(25,26)23-22(24)19(4)18(3)17(2)12-13-20-8-6-5-7-9-20/h5-15,17H,1-4H3,(H,23,24)/b13-12+,19-18+. The minimum absolute atomic E-state index is 0.00182. The summed E-state index contributed by atoms with van der Waals surface area (Å²) >= 11 is 0. The molecule has 2 rings (SSSR count). The second-order valence-corrected chi connectivity index (χ2v) is 8.30. The summed E-state index contributed by atoms with van der Waals surface area (Å²) in [6.07, 6.45) is 3.98. The van der Waals surface area contributed by atoms with Crippen LogP contribution in [0.3, 0.4) is 0 Å². The number of rotatable bonds is 6. The molecule has 27 heavy (non-hydrogen) atoms. The third-order valence-corrected chi connectivity index (χ3v) is 5.90. The fraction of sp³-hybridized carbons (Fsp3) is 0.227. The number of aryl methyl sites for hydroxylation is 1. The van der Waals surface area contributed by atoms with Crippen molar-refractivity contribution >= 4 is 22.0 Å². The van der Waals surface area contributed by atoms with E-state index in [1.807, 2.05) is 63.3 Å². The van der Waals surface area contributed by atoms with Gasteiger partial charge in [-0.25, -0.2) is 13.1 Å². The first-order valence-corrected chi connectivity index (χ1v) is 10.2. The van der Waals surface area contributed by atoms with Gasteiger partial charge in [-0.3, -0.25) is 4.79 Å². The minimum Gasteiger partial charge on any atom is -0.269 e. The predicted octanol–water partition coefficient (Wildman–Crippen LogP) is 4.49. The van der Waals surface area contributed by atoms with Crippen LogP contribution >= 0.6 is 0 Å². The molecule has 0 spiro atoms. The first kappa shape index (κ1) is 20.6. The van der Waals surface area contributed by atoms with Crippen LogP contribution in [-0.2, 0) is 14.8 Å². The van der Waals surface area contributed by atoms with Crippen molar-refractivity contribution in [2.75, 3.05) is 0 Å². The van der Waals surface area contributed by atoms with Gasteiger partial charge in [0.2, 0.25) is 0 Å². The molecule has 0 fully saturated rings. The molecule has 0 heterocycles. The van der Waals surface area contributed by atoms with E-state index in [2.05, 4.69) is 4.72 Å². The predicted molar refractivity (Wildman–Crippen MR) is 110 cm³/mol. The highest BCUT2D eigenvalue weighted by Gasteiger charge is 2.20. The van der Waals surface area contributed by atoms with Gasteiger partial charge in [0.25, 0.3) is 15.9 Å². The summed E-state index contributed by atoms with van der Waals surface area (Å²) in [7, 11) is -3.89. The SMILES string of the molecule is C/C(C(=O)NS(=O)(=O)c1ccc(C)cc1)=C(/C)C(C)/C=C/c1ccccc1. The van der Waals surface area contributed by atoms with E-state index in [0.29, 0.717) is 5.57 Å². The normalized spacial score (nSPS) is 13.9. The molecule has 1 atom stereocenters. The summed E-state index contributed by atoms with van der Waals surface area (Å²) in [6, 6.07) is 16.2. The van der Waals surface area contributed by atoms with Crippen LogP contribution in [-0.4, -0.2) is 14.3 Å². The zero-order chi connectivity index (χ0) is 20.0. The fourth-order valence-corrected chi connectivity index (χ4v) is 3.47. The maximum Gasteiger partial charge on any atom is 0.264 e. The van der Waals surface area contributed by atoms with Crippen molar-refractivity contribution in [3.8, 4) is 0 Å². The van der Waals surface area contributed by atoms with Crippen LogP contribution in [0.1, 0.15) is 31.9 Å². The Morgan fingerprint density at radius 1 is 1.00 bits per heavy atom. The third-order valence-electron chi connectivity index (χ3n) is 4.55. The van der Waals surface area contributed by atoms with Gasteiger partial charge in [0, 0.05) is 5.57 Å². The molecule has 1 N–H and O–H groups in total. The third kappa shape index (κ3) is 5.66. The van der Waals surface area contributed by atoms with Crippen LogP contribution in [0.2, 0.25) is 0 Å². The lowest BCUT2D eigenvalue weighted by Crippen LogP contribution is -2.31. The fourth-order valence-electron chi connectivity index (χ4n) is 2.46. The Labute approximate surface area is 161 Å². The molecule has 5 heteroatoms. The van der Waals surface area contributed by atoms with Crippen LogP contribution < -0.4 is 4.72 Å². The molecule has 0 bridgehead atoms. The molecule has 0 saturated carbocycles. The van der Waals surface area contributed by atoms with Gasteiger partial charge in [-0.2, -0.15) is 0 Å². The van der Waals surface area contributed by atoms with E-state index in [4.69, 9.17) is 0 Å². The Balaban J connectivity index is 2.14. The van der Waals surface area contributed by atoms with Crippen LogP contribution in [0.25, 0.3) is 6.08 Å². The first-order chi connectivity index (χ1) is 12.7. The van der Waals surface area contributed by atoms with E-state index in [-0.39, 0.29) is 10.8 Å². The summed E-state index contributed by atoms with van der Waals surface area (Å²) in [5, 5.41) is 0. The summed E-state index contributed by atoms with van der Waals surface area (Å²) in [6.45, 7) is 7.32. The van der Waals surface area contributed by atoms with E-state index >= 15 is 0 Å². The number of nitrogens with one attached hydrogen (secondary N) is 1. The number of hydrogen-bond donors (Lipinski definition) is 1. The van der Waals surface area contributed by atoms with Gasteiger partial charge in [0.1, 0.15) is 0 Å². The molecular formula is C22H25NO3S. The Kier molecular flexibility index (Phi) is 6.75. The molecule has 1 unspecified atom stereocenters. The highest BCUT2D eigenvalue weighted by atomic mass is 32.2. The lowest BCUT2D eigenvalue weighted by Gasteiger charge is -2.13.